The average molecular weight is 525 g/mol. The van der Waals surface area contributed by atoms with Crippen LogP contribution in [0.1, 0.15) is 12.8 Å². The number of benzene rings is 2. The molecular weight excluding hydrogens is 492 g/mol. The molecule has 10 heteroatoms. The van der Waals surface area contributed by atoms with Gasteiger partial charge in [0.05, 0.1) is 49.9 Å². The number of aliphatic hydroxyl groups is 1. The van der Waals surface area contributed by atoms with Crippen molar-refractivity contribution in [2.45, 2.75) is 18.9 Å². The zero-order valence-electron chi connectivity index (χ0n) is 21.4. The van der Waals surface area contributed by atoms with Crippen molar-refractivity contribution in [1.29, 1.82) is 0 Å². The first-order valence-corrected chi connectivity index (χ1v) is 12.2. The zero-order valence-corrected chi connectivity index (χ0v) is 22.2. The fourth-order valence-electron chi connectivity index (χ4n) is 4.84. The second-order valence-electron chi connectivity index (χ2n) is 9.07. The van der Waals surface area contributed by atoms with Crippen LogP contribution in [0.5, 0.6) is 11.5 Å². The van der Waals surface area contributed by atoms with E-state index in [1.54, 1.807) is 31.3 Å². The maximum atomic E-state index is 9.80. The molecule has 0 saturated carbocycles. The van der Waals surface area contributed by atoms with E-state index in [4.69, 9.17) is 14.5 Å². The van der Waals surface area contributed by atoms with E-state index in [-0.39, 0.29) is 25.1 Å². The molecule has 196 valence electrons. The first-order valence-electron chi connectivity index (χ1n) is 12.2. The van der Waals surface area contributed by atoms with Gasteiger partial charge in [0, 0.05) is 67.5 Å². The van der Waals surface area contributed by atoms with Crippen LogP contribution in [0.3, 0.4) is 0 Å². The number of hydrogen-bond acceptors (Lipinski definition) is 8. The van der Waals surface area contributed by atoms with Crippen molar-refractivity contribution in [3.05, 3.63) is 55.0 Å². The highest BCUT2D eigenvalue weighted by Crippen LogP contribution is 2.34. The molecule has 0 spiro atoms. The van der Waals surface area contributed by atoms with Crippen LogP contribution in [0.15, 0.2) is 55.0 Å². The normalized spacial score (nSPS) is 15.5. The minimum atomic E-state index is 0. The lowest BCUT2D eigenvalue weighted by Crippen LogP contribution is -2.38. The van der Waals surface area contributed by atoms with Crippen molar-refractivity contribution in [2.75, 3.05) is 45.4 Å². The van der Waals surface area contributed by atoms with Crippen LogP contribution in [0, 0.1) is 0 Å². The molecule has 1 saturated heterocycles. The van der Waals surface area contributed by atoms with E-state index in [9.17, 15) is 5.11 Å². The largest absolute Gasteiger partial charge is 0.497 e. The molecular formula is C27H33ClN6O3. The Morgan fingerprint density at radius 1 is 1.03 bits per heavy atom. The summed E-state index contributed by atoms with van der Waals surface area (Å²) in [6, 6.07) is 12.3. The van der Waals surface area contributed by atoms with Gasteiger partial charge in [0.2, 0.25) is 0 Å². The van der Waals surface area contributed by atoms with Crippen molar-refractivity contribution in [3.63, 3.8) is 0 Å². The van der Waals surface area contributed by atoms with Crippen LogP contribution >= 0.6 is 12.4 Å². The number of aryl methyl sites for hydroxylation is 1. The summed E-state index contributed by atoms with van der Waals surface area (Å²) in [5.74, 6) is 1.45. The van der Waals surface area contributed by atoms with Crippen LogP contribution in [0.2, 0.25) is 0 Å². The lowest BCUT2D eigenvalue weighted by molar-refractivity contribution is 0.162. The summed E-state index contributed by atoms with van der Waals surface area (Å²) in [6.07, 6.45) is 7.66. The minimum Gasteiger partial charge on any atom is -0.497 e. The molecule has 0 radical (unpaired) electrons. The van der Waals surface area contributed by atoms with Crippen LogP contribution in [0.25, 0.3) is 22.3 Å². The van der Waals surface area contributed by atoms with Crippen LogP contribution in [-0.2, 0) is 7.05 Å². The third-order valence-electron chi connectivity index (χ3n) is 6.81. The maximum absolute atomic E-state index is 9.80. The predicted molar refractivity (Wildman–Crippen MR) is 147 cm³/mol. The SMILES string of the molecule is COc1cc(OC)cc(N(CCN2CCC[C@@H]2CO)c2ccc3ncc(-c4cnn(C)c4)nc3c2)c1.Cl. The highest BCUT2D eigenvalue weighted by atomic mass is 35.5. The van der Waals surface area contributed by atoms with E-state index in [1.807, 2.05) is 37.5 Å². The molecule has 0 aliphatic carbocycles. The number of nitrogens with zero attached hydrogens (tertiary/aromatic N) is 6. The van der Waals surface area contributed by atoms with E-state index in [1.165, 1.54) is 0 Å². The number of rotatable bonds is 9. The lowest BCUT2D eigenvalue weighted by Gasteiger charge is -2.30. The zero-order chi connectivity index (χ0) is 25.1. The van der Waals surface area contributed by atoms with E-state index in [0.717, 1.165) is 77.6 Å². The third-order valence-corrected chi connectivity index (χ3v) is 6.81. The van der Waals surface area contributed by atoms with E-state index < -0.39 is 0 Å². The molecule has 4 aromatic rings. The van der Waals surface area contributed by atoms with E-state index in [2.05, 4.69) is 32.0 Å². The molecule has 0 bridgehead atoms. The number of hydrogen-bond donors (Lipinski definition) is 1. The summed E-state index contributed by atoms with van der Waals surface area (Å²) in [4.78, 5) is 14.1. The third kappa shape index (κ3) is 5.79. The molecule has 2 aromatic heterocycles. The second kappa shape index (κ2) is 11.8. The molecule has 1 aliphatic rings. The topological polar surface area (TPSA) is 88.8 Å². The number of likely N-dealkylation sites (tertiary alicyclic amines) is 1. The van der Waals surface area contributed by atoms with Crippen molar-refractivity contribution in [2.24, 2.45) is 7.05 Å². The lowest BCUT2D eigenvalue weighted by atomic mass is 10.2. The fourth-order valence-corrected chi connectivity index (χ4v) is 4.84. The summed E-state index contributed by atoms with van der Waals surface area (Å²) < 4.78 is 12.9. The Labute approximate surface area is 223 Å². The second-order valence-corrected chi connectivity index (χ2v) is 9.07. The van der Waals surface area contributed by atoms with Gasteiger partial charge in [0.15, 0.2) is 0 Å². The van der Waals surface area contributed by atoms with Gasteiger partial charge in [-0.25, -0.2) is 4.98 Å². The maximum Gasteiger partial charge on any atom is 0.124 e. The quantitative estimate of drug-likeness (QED) is 0.350. The summed E-state index contributed by atoms with van der Waals surface area (Å²) in [5.41, 5.74) is 5.30. The van der Waals surface area contributed by atoms with Crippen molar-refractivity contribution in [3.8, 4) is 22.8 Å². The van der Waals surface area contributed by atoms with Gasteiger partial charge in [-0.1, -0.05) is 0 Å². The number of aliphatic hydroxyl groups excluding tert-OH is 1. The summed E-state index contributed by atoms with van der Waals surface area (Å²) in [6.45, 7) is 2.74. The molecule has 1 aliphatic heterocycles. The Balaban J connectivity index is 0.00000320. The molecule has 9 nitrogen and oxygen atoms in total. The minimum absolute atomic E-state index is 0. The molecule has 5 rings (SSSR count). The Kier molecular flexibility index (Phi) is 8.48. The predicted octanol–water partition coefficient (Wildman–Crippen LogP) is 4.06. The van der Waals surface area contributed by atoms with Crippen molar-refractivity contribution in [1.82, 2.24) is 24.6 Å². The van der Waals surface area contributed by atoms with Crippen molar-refractivity contribution < 1.29 is 14.6 Å². The Hall–Kier alpha value is -3.40. The van der Waals surface area contributed by atoms with Crippen LogP contribution in [0.4, 0.5) is 11.4 Å². The van der Waals surface area contributed by atoms with Crippen LogP contribution < -0.4 is 14.4 Å². The van der Waals surface area contributed by atoms with Gasteiger partial charge in [0.1, 0.15) is 11.5 Å². The first kappa shape index (κ1) is 26.7. The standard InChI is InChI=1S/C27H32N6O3.ClH/c1-31-17-19(15-29-31)27-16-28-25-7-6-20(13-26(25)30-27)33(10-9-32-8-4-5-21(32)18-34)22-11-23(35-2)14-24(12-22)36-3;/h6-7,11-17,21,34H,4-5,8-10,18H2,1-3H3;1H/t21-;/m1./s1. The Morgan fingerprint density at radius 2 is 1.81 bits per heavy atom. The monoisotopic (exact) mass is 524 g/mol. The molecule has 1 N–H and O–H groups in total. The average Bonchev–Trinajstić information content (AvgIpc) is 3.56. The van der Waals surface area contributed by atoms with Crippen molar-refractivity contribution >= 4 is 34.8 Å². The molecule has 1 fully saturated rings. The highest BCUT2D eigenvalue weighted by molar-refractivity contribution is 5.85. The van der Waals surface area contributed by atoms with Gasteiger partial charge in [0.25, 0.3) is 0 Å². The fraction of sp³-hybridized carbons (Fsp3) is 0.370. The smallest absolute Gasteiger partial charge is 0.124 e. The van der Waals surface area contributed by atoms with Gasteiger partial charge in [-0.15, -0.1) is 12.4 Å². The molecule has 0 unspecified atom stereocenters. The number of methoxy groups -OCH3 is 2. The molecule has 3 heterocycles. The Morgan fingerprint density at radius 3 is 2.49 bits per heavy atom. The molecule has 1 atom stereocenters. The van der Waals surface area contributed by atoms with E-state index >= 15 is 0 Å². The van der Waals surface area contributed by atoms with Gasteiger partial charge < -0.3 is 19.5 Å². The Bertz CT molecular complexity index is 1320. The molecule has 37 heavy (non-hydrogen) atoms. The number of aromatic nitrogens is 4. The number of halogens is 1. The summed E-state index contributed by atoms with van der Waals surface area (Å²) >= 11 is 0. The summed E-state index contributed by atoms with van der Waals surface area (Å²) in [7, 11) is 5.20. The van der Waals surface area contributed by atoms with Gasteiger partial charge >= 0.3 is 0 Å². The van der Waals surface area contributed by atoms with E-state index in [0.29, 0.717) is 0 Å². The van der Waals surface area contributed by atoms with Gasteiger partial charge in [-0.3, -0.25) is 14.6 Å². The first-order chi connectivity index (χ1) is 17.6. The van der Waals surface area contributed by atoms with Gasteiger partial charge in [-0.05, 0) is 37.6 Å². The number of anilines is 2. The summed E-state index contributed by atoms with van der Waals surface area (Å²) in [5, 5.41) is 14.1. The number of fused-ring (bicyclic) bond motifs is 1. The van der Waals surface area contributed by atoms with Gasteiger partial charge in [-0.2, -0.15) is 5.10 Å². The molecule has 0 amide bonds. The highest BCUT2D eigenvalue weighted by Gasteiger charge is 2.24. The van der Waals surface area contributed by atoms with Crippen LogP contribution in [-0.4, -0.2) is 76.3 Å². The number of ether oxygens (including phenoxy) is 2. The molecule has 2 aromatic carbocycles.